The third-order valence-corrected chi connectivity index (χ3v) is 6.17. The Kier molecular flexibility index (Phi) is 6.42. The number of hydrogen-bond donors (Lipinski definition) is 2. The van der Waals surface area contributed by atoms with Crippen molar-refractivity contribution >= 4 is 33.9 Å². The predicted octanol–water partition coefficient (Wildman–Crippen LogP) is 4.69. The fraction of sp³-hybridized carbons (Fsp3) is 0.333. The molecule has 31 heavy (non-hydrogen) atoms. The molecule has 1 fully saturated rings. The van der Waals surface area contributed by atoms with Gasteiger partial charge < -0.3 is 24.7 Å². The molecule has 162 valence electrons. The van der Waals surface area contributed by atoms with Crippen LogP contribution < -0.4 is 20.3 Å². The molecular weight excluding hydrogens is 410 g/mol. The van der Waals surface area contributed by atoms with E-state index in [0.29, 0.717) is 23.3 Å². The predicted molar refractivity (Wildman–Crippen MR) is 128 cm³/mol. The second-order valence-corrected chi connectivity index (χ2v) is 8.19. The van der Waals surface area contributed by atoms with E-state index in [2.05, 4.69) is 15.2 Å². The lowest BCUT2D eigenvalue weighted by molar-refractivity contribution is 0.311. The average molecular weight is 438 g/mol. The summed E-state index contributed by atoms with van der Waals surface area (Å²) >= 11 is 5.78. The lowest BCUT2D eigenvalue weighted by Gasteiger charge is -2.31. The zero-order valence-corrected chi connectivity index (χ0v) is 18.6. The van der Waals surface area contributed by atoms with E-state index in [9.17, 15) is 4.79 Å². The maximum atomic E-state index is 12.8. The number of thiocarbonyl (C=S) groups is 1. The van der Waals surface area contributed by atoms with E-state index < -0.39 is 0 Å². The summed E-state index contributed by atoms with van der Waals surface area (Å²) in [6.45, 7) is 0.454. The van der Waals surface area contributed by atoms with Crippen LogP contribution >= 0.6 is 12.2 Å². The van der Waals surface area contributed by atoms with Crippen molar-refractivity contribution < 1.29 is 9.47 Å². The van der Waals surface area contributed by atoms with Crippen molar-refractivity contribution in [1.82, 2.24) is 9.88 Å². The van der Waals surface area contributed by atoms with Gasteiger partial charge in [-0.2, -0.15) is 0 Å². The molecule has 0 aliphatic heterocycles. The van der Waals surface area contributed by atoms with Crippen LogP contribution in [0.5, 0.6) is 11.5 Å². The fourth-order valence-electron chi connectivity index (χ4n) is 4.11. The van der Waals surface area contributed by atoms with Gasteiger partial charge in [-0.05, 0) is 73.6 Å². The molecule has 1 heterocycles. The Morgan fingerprint density at radius 3 is 2.42 bits per heavy atom. The molecule has 7 heteroatoms. The molecule has 0 spiro atoms. The second-order valence-electron chi connectivity index (χ2n) is 7.80. The normalized spacial score (nSPS) is 13.9. The standard InChI is InChI=1S/C24H27N3O3S/c1-29-20-9-7-18(8-10-20)25-24(31)27(19-5-3-4-6-19)15-17-13-16-14-21(30-2)11-12-22(16)26-23(17)28/h7-14,19H,3-6,15H2,1-2H3,(H,25,31)(H,26,28). The summed E-state index contributed by atoms with van der Waals surface area (Å²) in [5.74, 6) is 1.55. The number of benzene rings is 2. The Balaban J connectivity index is 1.61. The van der Waals surface area contributed by atoms with E-state index in [1.54, 1.807) is 14.2 Å². The number of nitrogens with zero attached hydrogens (tertiary/aromatic N) is 1. The van der Waals surface area contributed by atoms with Crippen LogP contribution in [0.2, 0.25) is 0 Å². The van der Waals surface area contributed by atoms with E-state index in [-0.39, 0.29) is 5.56 Å². The van der Waals surface area contributed by atoms with Crippen molar-refractivity contribution in [2.45, 2.75) is 38.3 Å². The van der Waals surface area contributed by atoms with Gasteiger partial charge in [0.1, 0.15) is 11.5 Å². The van der Waals surface area contributed by atoms with Crippen LogP contribution in [0.3, 0.4) is 0 Å². The summed E-state index contributed by atoms with van der Waals surface area (Å²) < 4.78 is 10.6. The number of pyridine rings is 1. The highest BCUT2D eigenvalue weighted by Crippen LogP contribution is 2.27. The van der Waals surface area contributed by atoms with E-state index in [0.717, 1.165) is 40.9 Å². The van der Waals surface area contributed by atoms with Gasteiger partial charge in [0, 0.05) is 28.2 Å². The first kappa shape index (κ1) is 21.2. The molecule has 6 nitrogen and oxygen atoms in total. The van der Waals surface area contributed by atoms with Gasteiger partial charge in [0.15, 0.2) is 5.11 Å². The van der Waals surface area contributed by atoms with E-state index in [4.69, 9.17) is 21.7 Å². The first-order valence-corrected chi connectivity index (χ1v) is 10.9. The highest BCUT2D eigenvalue weighted by molar-refractivity contribution is 7.80. The van der Waals surface area contributed by atoms with Gasteiger partial charge in [-0.3, -0.25) is 4.79 Å². The van der Waals surface area contributed by atoms with Crippen LogP contribution in [0.1, 0.15) is 31.2 Å². The van der Waals surface area contributed by atoms with Gasteiger partial charge in [-0.15, -0.1) is 0 Å². The molecule has 0 radical (unpaired) electrons. The van der Waals surface area contributed by atoms with Crippen molar-refractivity contribution in [3.63, 3.8) is 0 Å². The molecule has 1 aliphatic carbocycles. The largest absolute Gasteiger partial charge is 0.497 e. The number of anilines is 1. The molecule has 0 amide bonds. The van der Waals surface area contributed by atoms with Crippen LogP contribution in [-0.4, -0.2) is 35.3 Å². The molecule has 3 aromatic rings. The molecule has 0 unspecified atom stereocenters. The summed E-state index contributed by atoms with van der Waals surface area (Å²) in [6, 6.07) is 15.6. The number of aromatic nitrogens is 1. The Morgan fingerprint density at radius 2 is 1.74 bits per heavy atom. The van der Waals surface area contributed by atoms with Crippen LogP contribution in [0, 0.1) is 0 Å². The molecule has 0 saturated heterocycles. The Bertz CT molecular complexity index is 1120. The van der Waals surface area contributed by atoms with Crippen LogP contribution in [0.4, 0.5) is 5.69 Å². The lowest BCUT2D eigenvalue weighted by atomic mass is 10.1. The zero-order chi connectivity index (χ0) is 21.8. The van der Waals surface area contributed by atoms with E-state index in [1.165, 1.54) is 12.8 Å². The Hall–Kier alpha value is -3.06. The summed E-state index contributed by atoms with van der Waals surface area (Å²) in [4.78, 5) is 17.9. The topological polar surface area (TPSA) is 66.6 Å². The summed E-state index contributed by atoms with van der Waals surface area (Å²) in [5, 5.41) is 4.90. The summed E-state index contributed by atoms with van der Waals surface area (Å²) in [6.07, 6.45) is 4.50. The second kappa shape index (κ2) is 9.39. The number of fused-ring (bicyclic) bond motifs is 1. The number of aromatic amines is 1. The average Bonchev–Trinajstić information content (AvgIpc) is 3.32. The molecule has 1 saturated carbocycles. The summed E-state index contributed by atoms with van der Waals surface area (Å²) in [7, 11) is 3.28. The van der Waals surface area contributed by atoms with Gasteiger partial charge in [0.2, 0.25) is 0 Å². The van der Waals surface area contributed by atoms with Crippen molar-refractivity contribution in [3.05, 3.63) is 64.4 Å². The maximum absolute atomic E-state index is 12.8. The van der Waals surface area contributed by atoms with Crippen molar-refractivity contribution in [1.29, 1.82) is 0 Å². The molecular formula is C24H27N3O3S. The van der Waals surface area contributed by atoms with Gasteiger partial charge in [0.25, 0.3) is 5.56 Å². The van der Waals surface area contributed by atoms with Crippen LogP contribution in [0.25, 0.3) is 10.9 Å². The molecule has 1 aromatic heterocycles. The smallest absolute Gasteiger partial charge is 0.253 e. The van der Waals surface area contributed by atoms with Gasteiger partial charge in [-0.25, -0.2) is 0 Å². The number of methoxy groups -OCH3 is 2. The number of ether oxygens (including phenoxy) is 2. The zero-order valence-electron chi connectivity index (χ0n) is 17.8. The first-order valence-electron chi connectivity index (χ1n) is 10.5. The molecule has 0 atom stereocenters. The minimum atomic E-state index is -0.0899. The molecule has 2 aromatic carbocycles. The minimum absolute atomic E-state index is 0.0899. The monoisotopic (exact) mass is 437 g/mol. The number of nitrogens with one attached hydrogen (secondary N) is 2. The minimum Gasteiger partial charge on any atom is -0.497 e. The lowest BCUT2D eigenvalue weighted by Crippen LogP contribution is -2.42. The van der Waals surface area contributed by atoms with E-state index >= 15 is 0 Å². The maximum Gasteiger partial charge on any atom is 0.253 e. The number of rotatable bonds is 6. The van der Waals surface area contributed by atoms with E-state index in [1.807, 2.05) is 48.5 Å². The fourth-order valence-corrected chi connectivity index (χ4v) is 4.44. The van der Waals surface area contributed by atoms with Crippen LogP contribution in [-0.2, 0) is 6.54 Å². The first-order chi connectivity index (χ1) is 15.1. The number of hydrogen-bond acceptors (Lipinski definition) is 4. The number of H-pyrrole nitrogens is 1. The molecule has 4 rings (SSSR count). The highest BCUT2D eigenvalue weighted by Gasteiger charge is 2.26. The van der Waals surface area contributed by atoms with Crippen LogP contribution in [0.15, 0.2) is 53.3 Å². The third-order valence-electron chi connectivity index (χ3n) is 5.84. The van der Waals surface area contributed by atoms with Crippen molar-refractivity contribution in [3.8, 4) is 11.5 Å². The quantitative estimate of drug-likeness (QED) is 0.546. The van der Waals surface area contributed by atoms with Gasteiger partial charge in [-0.1, -0.05) is 12.8 Å². The van der Waals surface area contributed by atoms with Crippen molar-refractivity contribution in [2.24, 2.45) is 0 Å². The SMILES string of the molecule is COc1ccc(NC(=S)N(Cc2cc3cc(OC)ccc3[nH]c2=O)C2CCCC2)cc1. The Morgan fingerprint density at radius 1 is 1.06 bits per heavy atom. The third kappa shape index (κ3) is 4.82. The Labute approximate surface area is 187 Å². The summed E-state index contributed by atoms with van der Waals surface area (Å²) in [5.41, 5.74) is 2.28. The van der Waals surface area contributed by atoms with Gasteiger partial charge in [0.05, 0.1) is 20.8 Å². The molecule has 2 N–H and O–H groups in total. The molecule has 0 bridgehead atoms. The van der Waals surface area contributed by atoms with Crippen molar-refractivity contribution in [2.75, 3.05) is 19.5 Å². The van der Waals surface area contributed by atoms with Gasteiger partial charge >= 0.3 is 0 Å². The molecule has 1 aliphatic rings. The highest BCUT2D eigenvalue weighted by atomic mass is 32.1.